The fourth-order valence-electron chi connectivity index (χ4n) is 8.46. The van der Waals surface area contributed by atoms with Crippen molar-refractivity contribution in [1.82, 2.24) is 8.97 Å². The Bertz CT molecular complexity index is 3030. The summed E-state index contributed by atoms with van der Waals surface area (Å²) in [6.45, 7) is 0. The molecule has 0 saturated heterocycles. The summed E-state index contributed by atoms with van der Waals surface area (Å²) in [5.41, 5.74) is 12.3. The van der Waals surface area contributed by atoms with Crippen molar-refractivity contribution in [2.45, 2.75) is 0 Å². The van der Waals surface area contributed by atoms with Crippen molar-refractivity contribution < 1.29 is 0 Å². The lowest BCUT2D eigenvalue weighted by Crippen LogP contribution is -1.94. The summed E-state index contributed by atoms with van der Waals surface area (Å²) in [6.07, 6.45) is 0. The van der Waals surface area contributed by atoms with Crippen LogP contribution in [0.25, 0.3) is 98.6 Å². The first-order valence-electron chi connectivity index (χ1n) is 16.6. The minimum absolute atomic E-state index is 1.16. The van der Waals surface area contributed by atoms with Crippen LogP contribution < -0.4 is 0 Å². The molecule has 0 atom stereocenters. The maximum atomic E-state index is 2.53. The number of aromatic nitrogens is 2. The molecule has 2 nitrogen and oxygen atoms in total. The van der Waals surface area contributed by atoms with Crippen molar-refractivity contribution in [3.05, 3.63) is 170 Å². The molecule has 2 heteroatoms. The van der Waals surface area contributed by atoms with Crippen LogP contribution in [-0.4, -0.2) is 8.97 Å². The second-order valence-corrected chi connectivity index (χ2v) is 12.9. The molecule has 8 aromatic carbocycles. The Morgan fingerprint density at radius 3 is 1.77 bits per heavy atom. The molecule has 0 fully saturated rings. The summed E-state index contributed by atoms with van der Waals surface area (Å²) in [7, 11) is 0. The van der Waals surface area contributed by atoms with Gasteiger partial charge in [-0.15, -0.1) is 0 Å². The quantitative estimate of drug-likeness (QED) is 0.189. The summed E-state index contributed by atoms with van der Waals surface area (Å²) in [4.78, 5) is 0. The van der Waals surface area contributed by atoms with E-state index >= 15 is 0 Å². The average Bonchev–Trinajstić information content (AvgIpc) is 3.64. The van der Waals surface area contributed by atoms with Gasteiger partial charge in [0, 0.05) is 32.6 Å². The molecular formula is C46H28N2. The number of hydrogen-bond acceptors (Lipinski definition) is 0. The Hall–Kier alpha value is -6.38. The largest absolute Gasteiger partial charge is 0.309 e. The van der Waals surface area contributed by atoms with Crippen LogP contribution >= 0.6 is 0 Å². The van der Waals surface area contributed by atoms with Gasteiger partial charge < -0.3 is 8.97 Å². The Morgan fingerprint density at radius 1 is 0.312 bits per heavy atom. The molecular weight excluding hydrogens is 581 g/mol. The highest BCUT2D eigenvalue weighted by Crippen LogP contribution is 2.46. The van der Waals surface area contributed by atoms with Gasteiger partial charge in [-0.25, -0.2) is 0 Å². The molecule has 0 aliphatic heterocycles. The van der Waals surface area contributed by atoms with Gasteiger partial charge in [0.15, 0.2) is 0 Å². The van der Waals surface area contributed by atoms with Crippen molar-refractivity contribution in [3.8, 4) is 27.9 Å². The molecule has 0 radical (unpaired) electrons. The number of hydrogen-bond donors (Lipinski definition) is 0. The second kappa shape index (κ2) is 9.57. The Labute approximate surface area is 276 Å². The van der Waals surface area contributed by atoms with E-state index in [0.717, 1.165) is 5.69 Å². The lowest BCUT2D eigenvalue weighted by Gasteiger charge is -2.13. The molecule has 0 unspecified atom stereocenters. The SMILES string of the molecule is c1ccc(-c2ccccc2-c2ccc(-n3c4cccc5c6ccccc6n6c7ccc8ccccc8c7c7ccc3c(c54)c76)cc2)cc1. The average molecular weight is 609 g/mol. The van der Waals surface area contributed by atoms with Gasteiger partial charge in [-0.05, 0) is 74.8 Å². The monoisotopic (exact) mass is 608 g/mol. The van der Waals surface area contributed by atoms with Crippen molar-refractivity contribution >= 4 is 70.7 Å². The zero-order valence-corrected chi connectivity index (χ0v) is 26.1. The number of benzene rings is 8. The van der Waals surface area contributed by atoms with Gasteiger partial charge in [-0.2, -0.15) is 0 Å². The van der Waals surface area contributed by atoms with Crippen molar-refractivity contribution in [2.24, 2.45) is 0 Å². The topological polar surface area (TPSA) is 9.34 Å². The molecule has 48 heavy (non-hydrogen) atoms. The highest BCUT2D eigenvalue weighted by molar-refractivity contribution is 6.35. The summed E-state index contributed by atoms with van der Waals surface area (Å²) in [6, 6.07) is 62.3. The molecule has 222 valence electrons. The van der Waals surface area contributed by atoms with E-state index in [2.05, 4.69) is 179 Å². The van der Waals surface area contributed by atoms with Gasteiger partial charge in [0.25, 0.3) is 0 Å². The van der Waals surface area contributed by atoms with E-state index in [1.807, 2.05) is 0 Å². The van der Waals surface area contributed by atoms with Gasteiger partial charge in [0.2, 0.25) is 0 Å². The minimum Gasteiger partial charge on any atom is -0.309 e. The molecule has 0 aliphatic carbocycles. The molecule has 0 saturated carbocycles. The van der Waals surface area contributed by atoms with Gasteiger partial charge in [-0.3, -0.25) is 0 Å². The molecule has 3 heterocycles. The van der Waals surface area contributed by atoms with Crippen molar-refractivity contribution in [2.75, 3.05) is 0 Å². The minimum atomic E-state index is 1.16. The lowest BCUT2D eigenvalue weighted by molar-refractivity contribution is 1.18. The summed E-state index contributed by atoms with van der Waals surface area (Å²) in [5, 5.41) is 10.4. The number of nitrogens with zero attached hydrogens (tertiary/aromatic N) is 2. The predicted octanol–water partition coefficient (Wildman–Crippen LogP) is 12.4. The molecule has 0 N–H and O–H groups in total. The summed E-state index contributed by atoms with van der Waals surface area (Å²) < 4.78 is 5.00. The zero-order valence-electron chi connectivity index (χ0n) is 26.1. The molecule has 3 aromatic heterocycles. The highest BCUT2D eigenvalue weighted by Gasteiger charge is 2.23. The summed E-state index contributed by atoms with van der Waals surface area (Å²) in [5.74, 6) is 0. The third-order valence-corrected chi connectivity index (χ3v) is 10.5. The van der Waals surface area contributed by atoms with Gasteiger partial charge >= 0.3 is 0 Å². The number of rotatable bonds is 3. The number of para-hydroxylation sites is 1. The van der Waals surface area contributed by atoms with Crippen LogP contribution in [0.3, 0.4) is 0 Å². The van der Waals surface area contributed by atoms with Gasteiger partial charge in [0.1, 0.15) is 0 Å². The standard InChI is InChI=1S/C46H28N2/c1-2-11-29(12-3-1)33-14-6-7-15-34(33)31-21-24-32(25-22-31)47-40-20-10-18-37-36-17-8-9-19-39(36)48-41-27-23-30-13-4-5-16-35(30)43(41)38-26-28-42(47)45(44(37)40)46(38)48/h1-28H. The van der Waals surface area contributed by atoms with E-state index in [1.165, 1.54) is 92.9 Å². The Kier molecular flexibility index (Phi) is 5.14. The van der Waals surface area contributed by atoms with Crippen LogP contribution in [0, 0.1) is 0 Å². The van der Waals surface area contributed by atoms with Gasteiger partial charge in [0.05, 0.1) is 27.6 Å². The molecule has 11 aromatic rings. The Morgan fingerprint density at radius 2 is 0.938 bits per heavy atom. The van der Waals surface area contributed by atoms with Gasteiger partial charge in [-0.1, -0.05) is 133 Å². The molecule has 0 bridgehead atoms. The smallest absolute Gasteiger partial charge is 0.0642 e. The highest BCUT2D eigenvalue weighted by atomic mass is 15.0. The predicted molar refractivity (Wildman–Crippen MR) is 204 cm³/mol. The first kappa shape index (κ1) is 25.8. The van der Waals surface area contributed by atoms with E-state index in [9.17, 15) is 0 Å². The van der Waals surface area contributed by atoms with Crippen molar-refractivity contribution in [1.29, 1.82) is 0 Å². The maximum Gasteiger partial charge on any atom is 0.0642 e. The van der Waals surface area contributed by atoms with Crippen LogP contribution in [0.1, 0.15) is 0 Å². The maximum absolute atomic E-state index is 2.53. The van der Waals surface area contributed by atoms with E-state index < -0.39 is 0 Å². The van der Waals surface area contributed by atoms with Crippen molar-refractivity contribution in [3.63, 3.8) is 0 Å². The normalized spacial score (nSPS) is 12.2. The molecule has 0 amide bonds. The van der Waals surface area contributed by atoms with Crippen LogP contribution in [0.15, 0.2) is 170 Å². The van der Waals surface area contributed by atoms with Crippen LogP contribution in [-0.2, 0) is 0 Å². The van der Waals surface area contributed by atoms with E-state index in [4.69, 9.17) is 0 Å². The van der Waals surface area contributed by atoms with E-state index in [-0.39, 0.29) is 0 Å². The molecule has 0 aliphatic rings. The lowest BCUT2D eigenvalue weighted by atomic mass is 9.94. The van der Waals surface area contributed by atoms with E-state index in [1.54, 1.807) is 0 Å². The first-order valence-corrected chi connectivity index (χ1v) is 16.6. The van der Waals surface area contributed by atoms with Crippen LogP contribution in [0.4, 0.5) is 0 Å². The second-order valence-electron chi connectivity index (χ2n) is 12.9. The van der Waals surface area contributed by atoms with E-state index in [0.29, 0.717) is 0 Å². The Balaban J connectivity index is 1.24. The fourth-order valence-corrected chi connectivity index (χ4v) is 8.46. The fraction of sp³-hybridized carbons (Fsp3) is 0. The molecule has 11 rings (SSSR count). The zero-order chi connectivity index (χ0) is 31.3. The first-order chi connectivity index (χ1) is 23.8. The summed E-state index contributed by atoms with van der Waals surface area (Å²) >= 11 is 0. The third kappa shape index (κ3) is 3.36. The number of fused-ring (bicyclic) bond motifs is 8. The molecule has 0 spiro atoms. The third-order valence-electron chi connectivity index (χ3n) is 10.5. The van der Waals surface area contributed by atoms with Crippen LogP contribution in [0.2, 0.25) is 0 Å². The van der Waals surface area contributed by atoms with Crippen LogP contribution in [0.5, 0.6) is 0 Å².